The maximum Gasteiger partial charge on any atom is 0.239 e. The van der Waals surface area contributed by atoms with E-state index >= 15 is 0 Å². The van der Waals surface area contributed by atoms with Crippen LogP contribution in [0.1, 0.15) is 33.3 Å². The lowest BCUT2D eigenvalue weighted by Crippen LogP contribution is -2.42. The van der Waals surface area contributed by atoms with Gasteiger partial charge < -0.3 is 15.0 Å². The molecule has 0 bridgehead atoms. The second-order valence-corrected chi connectivity index (χ2v) is 5.23. The molecule has 1 atom stereocenters. The van der Waals surface area contributed by atoms with Crippen LogP contribution in [0, 0.1) is 0 Å². The van der Waals surface area contributed by atoms with E-state index in [2.05, 4.69) is 5.32 Å². The fourth-order valence-corrected chi connectivity index (χ4v) is 1.86. The van der Waals surface area contributed by atoms with Crippen molar-refractivity contribution in [3.8, 4) is 5.75 Å². The number of ether oxygens (including phenoxy) is 1. The molecule has 0 spiro atoms. The van der Waals surface area contributed by atoms with E-state index in [1.54, 1.807) is 4.90 Å². The first-order valence-electron chi connectivity index (χ1n) is 7.18. The predicted molar refractivity (Wildman–Crippen MR) is 81.8 cm³/mol. The summed E-state index contributed by atoms with van der Waals surface area (Å²) in [6.07, 6.45) is 0.140. The van der Waals surface area contributed by atoms with Crippen LogP contribution in [0.2, 0.25) is 0 Å². The molecule has 112 valence electrons. The minimum absolute atomic E-state index is 0.106. The van der Waals surface area contributed by atoms with Gasteiger partial charge in [0.25, 0.3) is 0 Å². The monoisotopic (exact) mass is 278 g/mol. The van der Waals surface area contributed by atoms with Gasteiger partial charge in [-0.2, -0.15) is 0 Å². The highest BCUT2D eigenvalue weighted by Gasteiger charge is 2.16. The fraction of sp³-hybridized carbons (Fsp3) is 0.562. The summed E-state index contributed by atoms with van der Waals surface area (Å²) in [5, 5.41) is 3.26. The van der Waals surface area contributed by atoms with E-state index in [1.165, 1.54) is 0 Å². The van der Waals surface area contributed by atoms with Crippen LogP contribution in [0.15, 0.2) is 24.3 Å². The topological polar surface area (TPSA) is 41.6 Å². The highest BCUT2D eigenvalue weighted by Crippen LogP contribution is 2.19. The van der Waals surface area contributed by atoms with Crippen molar-refractivity contribution in [2.75, 3.05) is 13.6 Å². The smallest absolute Gasteiger partial charge is 0.239 e. The summed E-state index contributed by atoms with van der Waals surface area (Å²) < 4.78 is 5.77. The lowest BCUT2D eigenvalue weighted by molar-refractivity contribution is -0.131. The summed E-state index contributed by atoms with van der Waals surface area (Å²) in [4.78, 5) is 13.7. The Morgan fingerprint density at radius 1 is 1.30 bits per heavy atom. The molecule has 0 heterocycles. The lowest BCUT2D eigenvalue weighted by Gasteiger charge is -2.21. The van der Waals surface area contributed by atoms with Crippen LogP contribution in [0.4, 0.5) is 0 Å². The number of nitrogens with zero attached hydrogens (tertiary/aromatic N) is 1. The van der Waals surface area contributed by atoms with Gasteiger partial charge in [-0.15, -0.1) is 0 Å². The summed E-state index contributed by atoms with van der Waals surface area (Å²) in [6.45, 7) is 9.21. The van der Waals surface area contributed by atoms with Crippen LogP contribution in [0.5, 0.6) is 5.75 Å². The van der Waals surface area contributed by atoms with Gasteiger partial charge in [0.2, 0.25) is 5.91 Å². The minimum Gasteiger partial charge on any atom is -0.491 e. The predicted octanol–water partition coefficient (Wildman–Crippen LogP) is 2.43. The van der Waals surface area contributed by atoms with Gasteiger partial charge in [-0.25, -0.2) is 0 Å². The van der Waals surface area contributed by atoms with Gasteiger partial charge >= 0.3 is 0 Å². The highest BCUT2D eigenvalue weighted by molar-refractivity contribution is 5.81. The van der Waals surface area contributed by atoms with E-state index in [-0.39, 0.29) is 18.1 Å². The number of hydrogen-bond acceptors (Lipinski definition) is 3. The van der Waals surface area contributed by atoms with E-state index in [9.17, 15) is 4.79 Å². The Balaban J connectivity index is 2.63. The summed E-state index contributed by atoms with van der Waals surface area (Å²) in [5.41, 5.74) is 1.07. The Labute approximate surface area is 122 Å². The van der Waals surface area contributed by atoms with Crippen LogP contribution in [-0.2, 0) is 11.3 Å². The normalized spacial score (nSPS) is 12.3. The van der Waals surface area contributed by atoms with Gasteiger partial charge in [0.15, 0.2) is 0 Å². The van der Waals surface area contributed by atoms with Crippen molar-refractivity contribution in [2.24, 2.45) is 0 Å². The van der Waals surface area contributed by atoms with Crippen molar-refractivity contribution in [2.45, 2.75) is 46.4 Å². The van der Waals surface area contributed by atoms with E-state index in [0.717, 1.165) is 17.9 Å². The minimum atomic E-state index is -0.202. The van der Waals surface area contributed by atoms with E-state index in [1.807, 2.05) is 59.0 Å². The maximum atomic E-state index is 12.0. The molecular formula is C16H26N2O2. The molecule has 1 unspecified atom stereocenters. The average Bonchev–Trinajstić information content (AvgIpc) is 2.43. The number of benzene rings is 1. The molecule has 0 aliphatic carbocycles. The number of amides is 1. The zero-order valence-electron chi connectivity index (χ0n) is 13.1. The second kappa shape index (κ2) is 7.90. The highest BCUT2D eigenvalue weighted by atomic mass is 16.5. The Morgan fingerprint density at radius 2 is 1.95 bits per heavy atom. The van der Waals surface area contributed by atoms with Gasteiger partial charge in [-0.3, -0.25) is 4.79 Å². The van der Waals surface area contributed by atoms with E-state index in [0.29, 0.717) is 6.54 Å². The zero-order valence-corrected chi connectivity index (χ0v) is 13.1. The quantitative estimate of drug-likeness (QED) is 0.833. The lowest BCUT2D eigenvalue weighted by atomic mass is 10.2. The molecule has 20 heavy (non-hydrogen) atoms. The van der Waals surface area contributed by atoms with Crippen LogP contribution in [0.3, 0.4) is 0 Å². The van der Waals surface area contributed by atoms with Crippen molar-refractivity contribution in [1.29, 1.82) is 0 Å². The van der Waals surface area contributed by atoms with Crippen molar-refractivity contribution in [1.82, 2.24) is 10.2 Å². The van der Waals surface area contributed by atoms with Gasteiger partial charge in [0, 0.05) is 25.7 Å². The first-order chi connectivity index (χ1) is 9.45. The third-order valence-electron chi connectivity index (χ3n) is 3.15. The molecule has 1 N–H and O–H groups in total. The number of carbonyl (C=O) groups excluding carboxylic acids is 1. The summed E-state index contributed by atoms with van der Waals surface area (Å²) in [7, 11) is 1.82. The molecule has 4 nitrogen and oxygen atoms in total. The van der Waals surface area contributed by atoms with Crippen LogP contribution in [0.25, 0.3) is 0 Å². The Hall–Kier alpha value is -1.55. The van der Waals surface area contributed by atoms with Crippen molar-refractivity contribution >= 4 is 5.91 Å². The fourth-order valence-electron chi connectivity index (χ4n) is 1.86. The van der Waals surface area contributed by atoms with Gasteiger partial charge in [0.05, 0.1) is 12.1 Å². The standard InChI is InChI=1S/C16H26N2O2/c1-6-18(5)16(19)13(4)17-11-14-9-7-8-10-15(14)20-12(2)3/h7-10,12-13,17H,6,11H2,1-5H3. The van der Waals surface area contributed by atoms with Crippen molar-refractivity contribution in [3.63, 3.8) is 0 Å². The Bertz CT molecular complexity index is 432. The maximum absolute atomic E-state index is 12.0. The molecular weight excluding hydrogens is 252 g/mol. The molecule has 4 heteroatoms. The summed E-state index contributed by atoms with van der Waals surface area (Å²) in [5.74, 6) is 0.980. The molecule has 0 saturated heterocycles. The number of rotatable bonds is 7. The van der Waals surface area contributed by atoms with Crippen LogP contribution < -0.4 is 10.1 Å². The van der Waals surface area contributed by atoms with Gasteiger partial charge in [-0.05, 0) is 33.8 Å². The molecule has 0 fully saturated rings. The number of likely N-dealkylation sites (N-methyl/N-ethyl adjacent to an activating group) is 1. The molecule has 0 saturated carbocycles. The SMILES string of the molecule is CCN(C)C(=O)C(C)NCc1ccccc1OC(C)C. The van der Waals surface area contributed by atoms with E-state index in [4.69, 9.17) is 4.74 Å². The van der Waals surface area contributed by atoms with Crippen molar-refractivity contribution in [3.05, 3.63) is 29.8 Å². The first-order valence-corrected chi connectivity index (χ1v) is 7.18. The average molecular weight is 278 g/mol. The van der Waals surface area contributed by atoms with Gasteiger partial charge in [-0.1, -0.05) is 18.2 Å². The number of para-hydroxylation sites is 1. The molecule has 0 radical (unpaired) electrons. The molecule has 1 aromatic carbocycles. The third-order valence-corrected chi connectivity index (χ3v) is 3.15. The molecule has 0 aliphatic rings. The van der Waals surface area contributed by atoms with Gasteiger partial charge in [0.1, 0.15) is 5.75 Å². The first kappa shape index (κ1) is 16.5. The largest absolute Gasteiger partial charge is 0.491 e. The zero-order chi connectivity index (χ0) is 15.1. The van der Waals surface area contributed by atoms with Crippen molar-refractivity contribution < 1.29 is 9.53 Å². The molecule has 0 aliphatic heterocycles. The van der Waals surface area contributed by atoms with Crippen LogP contribution in [-0.4, -0.2) is 36.5 Å². The molecule has 1 aromatic rings. The number of hydrogen-bond donors (Lipinski definition) is 1. The summed E-state index contributed by atoms with van der Waals surface area (Å²) >= 11 is 0. The second-order valence-electron chi connectivity index (χ2n) is 5.23. The third kappa shape index (κ3) is 4.85. The Morgan fingerprint density at radius 3 is 2.55 bits per heavy atom. The molecule has 1 amide bonds. The van der Waals surface area contributed by atoms with E-state index < -0.39 is 0 Å². The Kier molecular flexibility index (Phi) is 6.52. The summed E-state index contributed by atoms with van der Waals surface area (Å²) in [6, 6.07) is 7.72. The molecule has 1 rings (SSSR count). The number of nitrogens with one attached hydrogen (secondary N) is 1. The number of carbonyl (C=O) groups is 1. The van der Waals surface area contributed by atoms with Crippen LogP contribution >= 0.6 is 0 Å². The molecule has 0 aromatic heterocycles.